The van der Waals surface area contributed by atoms with Crippen molar-refractivity contribution >= 4 is 5.97 Å². The van der Waals surface area contributed by atoms with Gasteiger partial charge in [0.05, 0.1) is 12.1 Å². The Morgan fingerprint density at radius 1 is 1.30 bits per heavy atom. The van der Waals surface area contributed by atoms with Crippen molar-refractivity contribution < 1.29 is 23.1 Å². The van der Waals surface area contributed by atoms with E-state index in [1.807, 2.05) is 0 Å². The average Bonchev–Trinajstić information content (AvgIpc) is 2.88. The zero-order chi connectivity index (χ0) is 16.6. The minimum Gasteiger partial charge on any atom is -0.481 e. The quantitative estimate of drug-likeness (QED) is 0.934. The molecule has 1 N–H and O–H groups in total. The third kappa shape index (κ3) is 2.95. The van der Waals surface area contributed by atoms with Crippen LogP contribution in [0.25, 0.3) is 5.69 Å². The highest BCUT2D eigenvalue weighted by atomic mass is 19.4. The fourth-order valence-corrected chi connectivity index (χ4v) is 3.20. The third-order valence-corrected chi connectivity index (χ3v) is 4.09. The summed E-state index contributed by atoms with van der Waals surface area (Å²) in [6.45, 7) is 0. The first kappa shape index (κ1) is 15.6. The van der Waals surface area contributed by atoms with E-state index in [0.717, 1.165) is 0 Å². The summed E-state index contributed by atoms with van der Waals surface area (Å²) in [5, 5.41) is 12.8. The molecule has 23 heavy (non-hydrogen) atoms. The van der Waals surface area contributed by atoms with Gasteiger partial charge in [0.25, 0.3) is 0 Å². The van der Waals surface area contributed by atoms with Crippen molar-refractivity contribution in [1.82, 2.24) is 9.78 Å². The predicted octanol–water partition coefficient (Wildman–Crippen LogP) is 3.79. The lowest BCUT2D eigenvalue weighted by Gasteiger charge is -2.23. The molecular formula is C16H15F3N2O2. The number of rotatable bonds is 3. The Hall–Kier alpha value is -2.31. The lowest BCUT2D eigenvalue weighted by molar-refractivity contribution is -0.143. The minimum absolute atomic E-state index is 0.0509. The van der Waals surface area contributed by atoms with Gasteiger partial charge in [-0.3, -0.25) is 4.79 Å². The number of carboxylic acid groups (broad SMARTS) is 1. The van der Waals surface area contributed by atoms with Crippen LogP contribution in [0, 0.1) is 0 Å². The van der Waals surface area contributed by atoms with Crippen LogP contribution in [0.15, 0.2) is 30.3 Å². The minimum atomic E-state index is -4.60. The van der Waals surface area contributed by atoms with Gasteiger partial charge in [-0.1, -0.05) is 18.2 Å². The number of alkyl halides is 3. The van der Waals surface area contributed by atoms with Crippen molar-refractivity contribution in [1.29, 1.82) is 0 Å². The number of carboxylic acids is 1. The number of hydrogen-bond donors (Lipinski definition) is 1. The van der Waals surface area contributed by atoms with Crippen LogP contribution < -0.4 is 0 Å². The first-order valence-corrected chi connectivity index (χ1v) is 7.34. The molecule has 0 saturated carbocycles. The molecule has 4 nitrogen and oxygen atoms in total. The Morgan fingerprint density at radius 3 is 2.61 bits per heavy atom. The second-order valence-electron chi connectivity index (χ2n) is 5.64. The van der Waals surface area contributed by atoms with Crippen molar-refractivity contribution in [2.24, 2.45) is 0 Å². The van der Waals surface area contributed by atoms with Crippen LogP contribution in [0.1, 0.15) is 42.1 Å². The zero-order valence-corrected chi connectivity index (χ0v) is 12.2. The molecule has 2 aromatic rings. The first-order chi connectivity index (χ1) is 10.9. The van der Waals surface area contributed by atoms with E-state index in [-0.39, 0.29) is 12.0 Å². The molecule has 0 aliphatic heterocycles. The van der Waals surface area contributed by atoms with E-state index in [0.29, 0.717) is 30.6 Å². The molecule has 1 aliphatic carbocycles. The number of benzene rings is 1. The molecular weight excluding hydrogens is 309 g/mol. The van der Waals surface area contributed by atoms with Crippen LogP contribution in [-0.2, 0) is 17.4 Å². The molecule has 122 valence electrons. The van der Waals surface area contributed by atoms with Crippen LogP contribution in [0.5, 0.6) is 0 Å². The molecule has 0 fully saturated rings. The van der Waals surface area contributed by atoms with Crippen LogP contribution in [0.2, 0.25) is 0 Å². The predicted molar refractivity (Wildman–Crippen MR) is 76.5 cm³/mol. The van der Waals surface area contributed by atoms with Gasteiger partial charge in [-0.25, -0.2) is 4.68 Å². The summed E-state index contributed by atoms with van der Waals surface area (Å²) in [7, 11) is 0. The van der Waals surface area contributed by atoms with Crippen molar-refractivity contribution in [2.45, 2.75) is 37.8 Å². The maximum absolute atomic E-state index is 13.4. The molecule has 1 unspecified atom stereocenters. The average molecular weight is 324 g/mol. The first-order valence-electron chi connectivity index (χ1n) is 7.34. The second kappa shape index (κ2) is 5.72. The molecule has 1 atom stereocenters. The van der Waals surface area contributed by atoms with Crippen LogP contribution in [-0.4, -0.2) is 20.9 Å². The van der Waals surface area contributed by atoms with Gasteiger partial charge in [0.1, 0.15) is 0 Å². The number of hydrogen-bond acceptors (Lipinski definition) is 2. The summed E-state index contributed by atoms with van der Waals surface area (Å²) in [4.78, 5) is 11.0. The maximum Gasteiger partial charge on any atom is 0.435 e. The fourth-order valence-electron chi connectivity index (χ4n) is 3.20. The monoisotopic (exact) mass is 324 g/mol. The van der Waals surface area contributed by atoms with Gasteiger partial charge in [0, 0.05) is 11.3 Å². The van der Waals surface area contributed by atoms with Gasteiger partial charge in [0.15, 0.2) is 5.69 Å². The number of carbonyl (C=O) groups is 1. The van der Waals surface area contributed by atoms with E-state index in [4.69, 9.17) is 5.11 Å². The smallest absolute Gasteiger partial charge is 0.435 e. The van der Waals surface area contributed by atoms with Crippen molar-refractivity contribution in [3.63, 3.8) is 0 Å². The molecule has 0 saturated heterocycles. The van der Waals surface area contributed by atoms with Gasteiger partial charge in [-0.15, -0.1) is 0 Å². The SMILES string of the molecule is O=C(O)CC1CCCc2c1c(C(F)(F)F)nn2-c1ccccc1. The van der Waals surface area contributed by atoms with Gasteiger partial charge in [-0.05, 0) is 37.3 Å². The summed E-state index contributed by atoms with van der Waals surface area (Å²) in [6.07, 6.45) is -3.36. The standard InChI is InChI=1S/C16H15F3N2O2/c17-16(18,19)15-14-10(9-13(22)23)5-4-8-12(14)21(20-15)11-6-2-1-3-7-11/h1-3,6-7,10H,4-5,8-9H2,(H,22,23). The highest BCUT2D eigenvalue weighted by molar-refractivity contribution is 5.68. The molecule has 0 spiro atoms. The molecule has 7 heteroatoms. The van der Waals surface area contributed by atoms with Gasteiger partial charge < -0.3 is 5.11 Å². The van der Waals surface area contributed by atoms with Crippen LogP contribution in [0.4, 0.5) is 13.2 Å². The van der Waals surface area contributed by atoms with Crippen LogP contribution in [0.3, 0.4) is 0 Å². The molecule has 0 radical (unpaired) electrons. The number of halogens is 3. The lowest BCUT2D eigenvalue weighted by atomic mass is 9.83. The van der Waals surface area contributed by atoms with E-state index >= 15 is 0 Å². The third-order valence-electron chi connectivity index (χ3n) is 4.09. The number of nitrogens with zero attached hydrogens (tertiary/aromatic N) is 2. The maximum atomic E-state index is 13.4. The van der Waals surface area contributed by atoms with E-state index in [9.17, 15) is 18.0 Å². The summed E-state index contributed by atoms with van der Waals surface area (Å²) < 4.78 is 41.5. The normalized spacial score (nSPS) is 17.8. The van der Waals surface area contributed by atoms with Gasteiger partial charge in [-0.2, -0.15) is 18.3 Å². The molecule has 1 aliphatic rings. The van der Waals surface area contributed by atoms with E-state index in [1.165, 1.54) is 4.68 Å². The van der Waals surface area contributed by atoms with Crippen molar-refractivity contribution in [3.8, 4) is 5.69 Å². The number of aliphatic carboxylic acids is 1. The van der Waals surface area contributed by atoms with Crippen LogP contribution >= 0.6 is 0 Å². The molecule has 0 bridgehead atoms. The second-order valence-corrected chi connectivity index (χ2v) is 5.64. The number of fused-ring (bicyclic) bond motifs is 1. The lowest BCUT2D eigenvalue weighted by Crippen LogP contribution is -2.18. The molecule has 0 amide bonds. The van der Waals surface area contributed by atoms with Crippen molar-refractivity contribution in [2.75, 3.05) is 0 Å². The topological polar surface area (TPSA) is 55.1 Å². The van der Waals surface area contributed by atoms with Gasteiger partial charge in [0.2, 0.25) is 0 Å². The largest absolute Gasteiger partial charge is 0.481 e. The summed E-state index contributed by atoms with van der Waals surface area (Å²) in [5.41, 5.74) is 0.119. The zero-order valence-electron chi connectivity index (χ0n) is 12.2. The van der Waals surface area contributed by atoms with E-state index in [2.05, 4.69) is 5.10 Å². The Balaban J connectivity index is 2.18. The van der Waals surface area contributed by atoms with Gasteiger partial charge >= 0.3 is 12.1 Å². The summed E-state index contributed by atoms with van der Waals surface area (Å²) >= 11 is 0. The van der Waals surface area contributed by atoms with E-state index < -0.39 is 23.8 Å². The molecule has 1 aromatic carbocycles. The summed E-state index contributed by atoms with van der Waals surface area (Å²) in [6, 6.07) is 8.61. The van der Waals surface area contributed by atoms with E-state index in [1.54, 1.807) is 30.3 Å². The highest BCUT2D eigenvalue weighted by Gasteiger charge is 2.42. The molecule has 1 heterocycles. The Morgan fingerprint density at radius 2 is 2.00 bits per heavy atom. The summed E-state index contributed by atoms with van der Waals surface area (Å²) in [5.74, 6) is -1.74. The fraction of sp³-hybridized carbons (Fsp3) is 0.375. The molecule has 3 rings (SSSR count). The Labute approximate surface area is 130 Å². The Kier molecular flexibility index (Phi) is 3.87. The number of para-hydroxylation sites is 1. The molecule has 1 aromatic heterocycles. The highest BCUT2D eigenvalue weighted by Crippen LogP contribution is 2.43. The van der Waals surface area contributed by atoms with Crippen molar-refractivity contribution in [3.05, 3.63) is 47.3 Å². The Bertz CT molecular complexity index is 723. The number of aromatic nitrogens is 2.